The highest BCUT2D eigenvalue weighted by atomic mass is 35.5. The van der Waals surface area contributed by atoms with Crippen LogP contribution in [0, 0.1) is 11.6 Å². The lowest BCUT2D eigenvalue weighted by atomic mass is 9.70. The first-order chi connectivity index (χ1) is 64.4. The highest BCUT2D eigenvalue weighted by Gasteiger charge is 2.43. The second-order valence-corrected chi connectivity index (χ2v) is 34.0. The number of Topliss-reactive ketones (excluding diaryl/α,β-unsaturated/α-hetero) is 4. The molecule has 0 saturated carbocycles. The van der Waals surface area contributed by atoms with E-state index in [1.54, 1.807) is 57.0 Å². The molecule has 32 heteroatoms. The highest BCUT2D eigenvalue weighted by molar-refractivity contribution is 6.42. The average Bonchev–Trinajstić information content (AvgIpc) is 0.797. The Morgan fingerprint density at radius 2 is 0.594 bits per heavy atom. The van der Waals surface area contributed by atoms with Crippen molar-refractivity contribution in [2.75, 3.05) is 107 Å². The summed E-state index contributed by atoms with van der Waals surface area (Å²) in [6.45, 7) is 2.23. The summed E-state index contributed by atoms with van der Waals surface area (Å²) in [6, 6.07) is 66.2. The number of hydrogen-bond donors (Lipinski definition) is 7. The average molecular weight is 1840 g/mol. The van der Waals surface area contributed by atoms with E-state index in [1.165, 1.54) is 97.1 Å². The number of hydrogen-bond acceptors (Lipinski definition) is 20. The van der Waals surface area contributed by atoms with Gasteiger partial charge in [-0.15, -0.1) is 0 Å². The van der Waals surface area contributed by atoms with Crippen molar-refractivity contribution in [3.63, 3.8) is 0 Å². The monoisotopic (exact) mass is 1840 g/mol. The van der Waals surface area contributed by atoms with Crippen LogP contribution in [0.2, 0.25) is 10.0 Å². The molecule has 4 saturated heterocycles. The van der Waals surface area contributed by atoms with Crippen molar-refractivity contribution in [1.82, 2.24) is 59.5 Å². The lowest BCUT2D eigenvalue weighted by Crippen LogP contribution is -2.50. The predicted octanol–water partition coefficient (Wildman–Crippen LogP) is 15.4. The van der Waals surface area contributed by atoms with E-state index in [4.69, 9.17) is 43.6 Å². The lowest BCUT2D eigenvalue weighted by Gasteiger charge is -2.43. The Morgan fingerprint density at radius 3 is 0.880 bits per heavy atom. The molecule has 0 atom stereocenters. The van der Waals surface area contributed by atoms with Crippen LogP contribution in [0.15, 0.2) is 268 Å². The fraction of sp³-hybridized carbons (Fsp3) is 0.287. The molecule has 8 heterocycles. The number of carbonyl (C=O) groups excluding carboxylic acids is 8. The molecule has 4 aliphatic heterocycles. The van der Waals surface area contributed by atoms with Gasteiger partial charge in [-0.05, 0) is 146 Å². The molecule has 28 nitrogen and oxygen atoms in total. The van der Waals surface area contributed by atoms with E-state index in [2.05, 4.69) is 104 Å². The first-order valence-corrected chi connectivity index (χ1v) is 44.4. The van der Waals surface area contributed by atoms with E-state index in [1.807, 2.05) is 108 Å². The zero-order valence-electron chi connectivity index (χ0n) is 73.3. The predicted molar refractivity (Wildman–Crippen MR) is 501 cm³/mol. The molecule has 4 fully saturated rings. The van der Waals surface area contributed by atoms with Crippen LogP contribution in [0.4, 0.5) is 50.7 Å². The van der Waals surface area contributed by atoms with Crippen molar-refractivity contribution >= 4 is 93.2 Å². The summed E-state index contributed by atoms with van der Waals surface area (Å²) in [5.41, 5.74) is 7.28. The zero-order valence-corrected chi connectivity index (χ0v) is 74.8. The number of aliphatic hydroxyl groups is 4. The maximum atomic E-state index is 13.4. The topological polar surface area (TPSA) is 373 Å². The van der Waals surface area contributed by atoms with Gasteiger partial charge < -0.3 is 56.0 Å². The van der Waals surface area contributed by atoms with Crippen LogP contribution in [0.25, 0.3) is 0 Å². The minimum absolute atomic E-state index is 0.00835. The summed E-state index contributed by atoms with van der Waals surface area (Å²) in [5, 5.41) is 45.4. The summed E-state index contributed by atoms with van der Waals surface area (Å²) in [6.07, 6.45) is 19.8. The molecular weight excluding hydrogens is 1740 g/mol. The van der Waals surface area contributed by atoms with Crippen LogP contribution in [0.1, 0.15) is 138 Å². The fourth-order valence-electron chi connectivity index (χ4n) is 17.2. The van der Waals surface area contributed by atoms with E-state index in [-0.39, 0.29) is 68.3 Å². The zero-order chi connectivity index (χ0) is 93.9. The van der Waals surface area contributed by atoms with E-state index in [9.17, 15) is 47.1 Å². The van der Waals surface area contributed by atoms with Gasteiger partial charge in [-0.1, -0.05) is 169 Å². The highest BCUT2D eigenvalue weighted by Crippen LogP contribution is 2.43. The van der Waals surface area contributed by atoms with Crippen LogP contribution < -0.4 is 20.9 Å². The number of urea groups is 4. The van der Waals surface area contributed by atoms with Gasteiger partial charge in [0.15, 0.2) is 23.1 Å². The second kappa shape index (κ2) is 45.8. The van der Waals surface area contributed by atoms with Gasteiger partial charge in [0, 0.05) is 179 Å². The molecule has 133 heavy (non-hydrogen) atoms. The lowest BCUT2D eigenvalue weighted by molar-refractivity contribution is 0.0897. The number of ketones is 4. The third-order valence-corrected chi connectivity index (χ3v) is 25.7. The Bertz CT molecular complexity index is 5910. The Labute approximate surface area is 778 Å². The van der Waals surface area contributed by atoms with E-state index in [0.717, 1.165) is 42.5 Å². The Balaban J connectivity index is 0.000000151. The van der Waals surface area contributed by atoms with Gasteiger partial charge in [0.05, 0.1) is 32.3 Å². The van der Waals surface area contributed by atoms with Crippen LogP contribution in [-0.2, 0) is 47.3 Å². The fourth-order valence-corrected chi connectivity index (χ4v) is 17.5. The molecule has 0 unspecified atom stereocenters. The summed E-state index contributed by atoms with van der Waals surface area (Å²) in [5.74, 6) is 0.0806. The summed E-state index contributed by atoms with van der Waals surface area (Å²) < 4.78 is 26.6. The number of carbonyl (C=O) groups is 8. The van der Waals surface area contributed by atoms with E-state index < -0.39 is 55.4 Å². The number of rotatable bonds is 24. The number of benzene rings is 8. The number of amides is 8. The Hall–Kier alpha value is -13.9. The third-order valence-electron chi connectivity index (χ3n) is 25.0. The van der Waals surface area contributed by atoms with Crippen LogP contribution in [-0.4, -0.2) is 213 Å². The van der Waals surface area contributed by atoms with Crippen molar-refractivity contribution < 1.29 is 67.6 Å². The number of piperidine rings is 4. The van der Waals surface area contributed by atoms with E-state index >= 15 is 0 Å². The van der Waals surface area contributed by atoms with Crippen LogP contribution in [0.5, 0.6) is 0 Å². The maximum absolute atomic E-state index is 13.4. The number of aromatic nitrogens is 8. The Morgan fingerprint density at radius 1 is 0.323 bits per heavy atom. The number of para-hydroxylation sites is 1. The number of anilines is 4. The number of halogens is 4. The smallest absolute Gasteiger partial charge is 0.324 e. The van der Waals surface area contributed by atoms with Crippen molar-refractivity contribution in [3.8, 4) is 0 Å². The van der Waals surface area contributed by atoms with Gasteiger partial charge in [-0.25, -0.2) is 67.8 Å². The van der Waals surface area contributed by atoms with Gasteiger partial charge in [0.25, 0.3) is 0 Å². The number of likely N-dealkylation sites (tertiary alicyclic amines) is 4. The quantitative estimate of drug-likeness (QED) is 0.0276. The van der Waals surface area contributed by atoms with Gasteiger partial charge in [0.1, 0.15) is 61.4 Å². The van der Waals surface area contributed by atoms with E-state index in [0.29, 0.717) is 160 Å². The molecule has 0 spiro atoms. The standard InChI is InChI=1S/C26H28N4O3.C25H24Cl2N4O3.2C25H25FN4O3/c1-29(22-10-6-3-7-11-22)25(33)30-14-12-26(13-15-30,21-8-4-2-5-9-21)16-24-27-17-20(18-28-24)23(32)19-31;26-20-7-6-19(12-21(20)27)30-24(34)31-10-8-25(9-11-31,18-4-2-1-3-5-18)13-23-28-14-17(15-29-23)22(33)16-32;26-20-7-4-8-21(13-20)29-24(33)30-11-9-25(10-12-30,19-5-2-1-3-6-19)14-23-27-15-18(16-28-23)22(32)17-31;26-20-6-8-21(9-7-20)29-24(33)30-12-10-25(11-13-30,19-4-2-1-3-5-19)14-23-27-15-18(16-28-23)22(32)17-31/h2-11,17-18,31H,12-16,19H2,1H3;1-7,12,14-15,32H,8-11,13,16H2,(H,30,34);1-8,13,15-16,31H,9-12,14,17H2,(H,29,33);1-9,15-16,31H,10-14,17H2,(H,29,33). The molecule has 4 aliphatic rings. The van der Waals surface area contributed by atoms with Gasteiger partial charge in [-0.3, -0.25) is 24.1 Å². The van der Waals surface area contributed by atoms with Gasteiger partial charge in [0.2, 0.25) is 0 Å². The van der Waals surface area contributed by atoms with Crippen molar-refractivity contribution in [2.24, 2.45) is 0 Å². The summed E-state index contributed by atoms with van der Waals surface area (Å²) >= 11 is 12.0. The molecule has 686 valence electrons. The normalized spacial score (nSPS) is 15.1. The molecule has 16 rings (SSSR count). The second-order valence-electron chi connectivity index (χ2n) is 33.2. The first-order valence-electron chi connectivity index (χ1n) is 43.6. The third kappa shape index (κ3) is 25.3. The van der Waals surface area contributed by atoms with Crippen LogP contribution >= 0.6 is 23.2 Å². The van der Waals surface area contributed by atoms with Crippen molar-refractivity contribution in [1.29, 1.82) is 0 Å². The van der Waals surface area contributed by atoms with Crippen molar-refractivity contribution in [2.45, 2.75) is 98.7 Å². The molecule has 12 aromatic rings. The number of nitrogens with one attached hydrogen (secondary N) is 3. The summed E-state index contributed by atoms with van der Waals surface area (Å²) in [7, 11) is 1.81. The van der Waals surface area contributed by atoms with Crippen LogP contribution in [0.3, 0.4) is 0 Å². The molecule has 8 aromatic carbocycles. The molecule has 4 aromatic heterocycles. The molecule has 0 bridgehead atoms. The minimum Gasteiger partial charge on any atom is -0.388 e. The largest absolute Gasteiger partial charge is 0.388 e. The molecule has 8 amide bonds. The maximum Gasteiger partial charge on any atom is 0.324 e. The first kappa shape index (κ1) is 96.7. The van der Waals surface area contributed by atoms with Crippen molar-refractivity contribution in [3.05, 3.63) is 357 Å². The van der Waals surface area contributed by atoms with Gasteiger partial charge >= 0.3 is 24.1 Å². The summed E-state index contributed by atoms with van der Waals surface area (Å²) in [4.78, 5) is 142. The van der Waals surface area contributed by atoms with Gasteiger partial charge in [-0.2, -0.15) is 0 Å². The SMILES string of the molecule is CN(C(=O)N1CCC(Cc2ncc(C(=O)CO)cn2)(c2ccccc2)CC1)c1ccccc1.O=C(CO)c1cnc(CC2(c3ccccc3)CCN(C(=O)Nc3ccc(Cl)c(Cl)c3)CC2)nc1.O=C(CO)c1cnc(CC2(c3ccccc3)CCN(C(=O)Nc3ccc(F)cc3)CC2)nc1.O=C(CO)c1cnc(CC2(c3ccccc3)CCN(C(=O)Nc3cccc(F)c3)CC2)nc1. The minimum atomic E-state index is -0.579. The molecular formula is C101H102Cl2F2N16O12. The molecule has 0 radical (unpaired) electrons. The number of aliphatic hydroxyl groups excluding tert-OH is 4. The molecule has 7 N–H and O–H groups in total. The number of nitrogens with zero attached hydrogens (tertiary/aromatic N) is 13. The molecule has 0 aliphatic carbocycles. The Kier molecular flexibility index (Phi) is 33.3.